The van der Waals surface area contributed by atoms with E-state index in [0.29, 0.717) is 12.3 Å². The number of likely N-dealkylation sites (tertiary alicyclic amines) is 1. The Morgan fingerprint density at radius 2 is 1.76 bits per heavy atom. The molecular weight excluding hydrogens is 336 g/mol. The number of para-hydroxylation sites is 1. The maximum Gasteiger partial charge on any atom is 0.258 e. The van der Waals surface area contributed by atoms with Gasteiger partial charge in [-0.25, -0.2) is 0 Å². The third-order valence-corrected chi connectivity index (χ3v) is 4.80. The number of halogens is 1. The number of hydrogen-bond acceptors (Lipinski definition) is 3. The first-order valence-electron chi connectivity index (χ1n) is 8.67. The third-order valence-electron chi connectivity index (χ3n) is 4.45. The fourth-order valence-electron chi connectivity index (χ4n) is 3.16. The summed E-state index contributed by atoms with van der Waals surface area (Å²) in [7, 11) is 0. The van der Waals surface area contributed by atoms with Gasteiger partial charge in [-0.15, -0.1) is 0 Å². The summed E-state index contributed by atoms with van der Waals surface area (Å²) in [4.78, 5) is 14.6. The minimum absolute atomic E-state index is 0.0131. The molecule has 1 N–H and O–H groups in total. The quantitative estimate of drug-likeness (QED) is 0.821. The molecular formula is C20H23ClN2O2. The summed E-state index contributed by atoms with van der Waals surface area (Å²) < 4.78 is 5.50. The summed E-state index contributed by atoms with van der Waals surface area (Å²) in [5, 5.41) is 3.74. The Balaban J connectivity index is 1.59. The van der Waals surface area contributed by atoms with Gasteiger partial charge < -0.3 is 10.1 Å². The van der Waals surface area contributed by atoms with Crippen LogP contribution in [-0.4, -0.2) is 37.0 Å². The van der Waals surface area contributed by atoms with Crippen LogP contribution in [0.25, 0.3) is 0 Å². The summed E-state index contributed by atoms with van der Waals surface area (Å²) >= 11 is 6.39. The van der Waals surface area contributed by atoms with E-state index in [1.165, 1.54) is 12.8 Å². The fraction of sp³-hybridized carbons (Fsp3) is 0.350. The Morgan fingerprint density at radius 1 is 1.08 bits per heavy atom. The molecule has 3 rings (SSSR count). The van der Waals surface area contributed by atoms with Crippen LogP contribution >= 0.6 is 11.6 Å². The normalized spacial score (nSPS) is 15.7. The summed E-state index contributed by atoms with van der Waals surface area (Å²) in [6.07, 6.45) is 2.37. The largest absolute Gasteiger partial charge is 0.484 e. The number of hydrogen-bond donors (Lipinski definition) is 1. The maximum atomic E-state index is 12.2. The van der Waals surface area contributed by atoms with Gasteiger partial charge in [0.1, 0.15) is 5.75 Å². The molecule has 0 spiro atoms. The minimum atomic E-state index is -0.125. The van der Waals surface area contributed by atoms with Crippen molar-refractivity contribution in [2.45, 2.75) is 18.9 Å². The molecule has 0 bridgehead atoms. The molecule has 1 aliphatic rings. The maximum absolute atomic E-state index is 12.2. The molecule has 1 aliphatic heterocycles. The monoisotopic (exact) mass is 358 g/mol. The molecule has 0 radical (unpaired) electrons. The van der Waals surface area contributed by atoms with Crippen molar-refractivity contribution in [3.8, 4) is 5.75 Å². The van der Waals surface area contributed by atoms with Crippen molar-refractivity contribution in [3.63, 3.8) is 0 Å². The zero-order chi connectivity index (χ0) is 17.5. The second-order valence-corrected chi connectivity index (χ2v) is 6.59. The van der Waals surface area contributed by atoms with E-state index in [2.05, 4.69) is 10.2 Å². The topological polar surface area (TPSA) is 41.6 Å². The van der Waals surface area contributed by atoms with Crippen LogP contribution in [0.15, 0.2) is 54.6 Å². The molecule has 1 atom stereocenters. The van der Waals surface area contributed by atoms with Gasteiger partial charge in [-0.3, -0.25) is 9.69 Å². The SMILES string of the molecule is O=C(COc1ccccc1)NC[C@@H](c1ccccc1Cl)N1CCCC1. The van der Waals surface area contributed by atoms with Crippen LogP contribution in [0.5, 0.6) is 5.75 Å². The van der Waals surface area contributed by atoms with E-state index in [1.807, 2.05) is 54.6 Å². The number of nitrogens with zero attached hydrogens (tertiary/aromatic N) is 1. The van der Waals surface area contributed by atoms with Gasteiger partial charge in [-0.1, -0.05) is 48.0 Å². The zero-order valence-electron chi connectivity index (χ0n) is 14.2. The molecule has 1 fully saturated rings. The number of nitrogens with one attached hydrogen (secondary N) is 1. The molecule has 1 heterocycles. The lowest BCUT2D eigenvalue weighted by molar-refractivity contribution is -0.123. The lowest BCUT2D eigenvalue weighted by Crippen LogP contribution is -2.38. The number of ether oxygens (including phenoxy) is 1. The second kappa shape index (κ2) is 8.88. The molecule has 5 heteroatoms. The predicted octanol–water partition coefficient (Wildman–Crippen LogP) is 3.67. The van der Waals surface area contributed by atoms with E-state index in [1.54, 1.807) is 0 Å². The Hall–Kier alpha value is -2.04. The molecule has 132 valence electrons. The van der Waals surface area contributed by atoms with Crippen LogP contribution < -0.4 is 10.1 Å². The van der Waals surface area contributed by atoms with Crippen molar-refractivity contribution in [2.24, 2.45) is 0 Å². The molecule has 2 aromatic rings. The highest BCUT2D eigenvalue weighted by atomic mass is 35.5. The van der Waals surface area contributed by atoms with Crippen molar-refractivity contribution in [1.29, 1.82) is 0 Å². The highest BCUT2D eigenvalue weighted by Gasteiger charge is 2.25. The number of benzene rings is 2. The minimum Gasteiger partial charge on any atom is -0.484 e. The zero-order valence-corrected chi connectivity index (χ0v) is 14.9. The molecule has 4 nitrogen and oxygen atoms in total. The van der Waals surface area contributed by atoms with Crippen molar-refractivity contribution in [2.75, 3.05) is 26.2 Å². The smallest absolute Gasteiger partial charge is 0.258 e. The molecule has 2 aromatic carbocycles. The van der Waals surface area contributed by atoms with Gasteiger partial charge in [0, 0.05) is 11.6 Å². The fourth-order valence-corrected chi connectivity index (χ4v) is 3.42. The van der Waals surface area contributed by atoms with Crippen LogP contribution in [0.3, 0.4) is 0 Å². The van der Waals surface area contributed by atoms with Gasteiger partial charge in [-0.05, 0) is 49.7 Å². The van der Waals surface area contributed by atoms with Crippen LogP contribution in [0, 0.1) is 0 Å². The Bertz CT molecular complexity index is 687. The van der Waals surface area contributed by atoms with Gasteiger partial charge in [0.05, 0.1) is 6.04 Å². The highest BCUT2D eigenvalue weighted by molar-refractivity contribution is 6.31. The molecule has 0 saturated carbocycles. The van der Waals surface area contributed by atoms with Gasteiger partial charge >= 0.3 is 0 Å². The average Bonchev–Trinajstić information content (AvgIpc) is 3.17. The van der Waals surface area contributed by atoms with Crippen molar-refractivity contribution in [1.82, 2.24) is 10.2 Å². The summed E-state index contributed by atoms with van der Waals surface area (Å²) in [6.45, 7) is 2.61. The van der Waals surface area contributed by atoms with E-state index < -0.39 is 0 Å². The van der Waals surface area contributed by atoms with Crippen LogP contribution in [-0.2, 0) is 4.79 Å². The van der Waals surface area contributed by atoms with E-state index in [4.69, 9.17) is 16.3 Å². The predicted molar refractivity (Wildman–Crippen MR) is 99.9 cm³/mol. The average molecular weight is 359 g/mol. The summed E-state index contributed by atoms with van der Waals surface area (Å²) in [5.41, 5.74) is 1.07. The van der Waals surface area contributed by atoms with Gasteiger partial charge in [0.15, 0.2) is 6.61 Å². The van der Waals surface area contributed by atoms with Crippen LogP contribution in [0.2, 0.25) is 5.02 Å². The van der Waals surface area contributed by atoms with Crippen LogP contribution in [0.4, 0.5) is 0 Å². The first kappa shape index (κ1) is 17.8. The third kappa shape index (κ3) is 4.97. The van der Waals surface area contributed by atoms with Gasteiger partial charge in [0.25, 0.3) is 5.91 Å². The number of carbonyl (C=O) groups is 1. The Labute approximate surface area is 153 Å². The van der Waals surface area contributed by atoms with Crippen LogP contribution in [0.1, 0.15) is 24.4 Å². The lowest BCUT2D eigenvalue weighted by Gasteiger charge is -2.29. The van der Waals surface area contributed by atoms with E-state index in [0.717, 1.165) is 23.7 Å². The van der Waals surface area contributed by atoms with Gasteiger partial charge in [0.2, 0.25) is 0 Å². The first-order chi connectivity index (χ1) is 12.2. The number of carbonyl (C=O) groups excluding carboxylic acids is 1. The standard InChI is InChI=1S/C20H23ClN2O2/c21-18-11-5-4-10-17(18)19(23-12-6-7-13-23)14-22-20(24)15-25-16-8-2-1-3-9-16/h1-5,8-11,19H,6-7,12-15H2,(H,22,24)/t19-/m0/s1. The van der Waals surface area contributed by atoms with E-state index in [-0.39, 0.29) is 18.6 Å². The molecule has 0 aromatic heterocycles. The van der Waals surface area contributed by atoms with E-state index in [9.17, 15) is 4.79 Å². The highest BCUT2D eigenvalue weighted by Crippen LogP contribution is 2.29. The van der Waals surface area contributed by atoms with Crippen molar-refractivity contribution in [3.05, 3.63) is 65.2 Å². The Kier molecular flexibility index (Phi) is 6.31. The molecule has 0 unspecified atom stereocenters. The van der Waals surface area contributed by atoms with E-state index >= 15 is 0 Å². The second-order valence-electron chi connectivity index (χ2n) is 6.19. The number of rotatable bonds is 7. The van der Waals surface area contributed by atoms with Gasteiger partial charge in [-0.2, -0.15) is 0 Å². The molecule has 0 aliphatic carbocycles. The first-order valence-corrected chi connectivity index (χ1v) is 9.05. The molecule has 25 heavy (non-hydrogen) atoms. The summed E-state index contributed by atoms with van der Waals surface area (Å²) in [5.74, 6) is 0.569. The lowest BCUT2D eigenvalue weighted by atomic mass is 10.1. The van der Waals surface area contributed by atoms with Crippen molar-refractivity contribution < 1.29 is 9.53 Å². The summed E-state index contributed by atoms with van der Waals surface area (Å²) in [6, 6.07) is 17.3. The van der Waals surface area contributed by atoms with Crippen molar-refractivity contribution >= 4 is 17.5 Å². The molecule has 1 amide bonds. The number of amides is 1. The molecule has 1 saturated heterocycles. The Morgan fingerprint density at radius 3 is 2.48 bits per heavy atom.